The van der Waals surface area contributed by atoms with Gasteiger partial charge < -0.3 is 9.72 Å². The number of methoxy groups -OCH3 is 1. The summed E-state index contributed by atoms with van der Waals surface area (Å²) in [7, 11) is 1.54. The number of halogens is 1. The highest BCUT2D eigenvalue weighted by molar-refractivity contribution is 5.86. The van der Waals surface area contributed by atoms with Crippen LogP contribution in [0.25, 0.3) is 10.9 Å². The zero-order chi connectivity index (χ0) is 9.42. The molecule has 0 saturated carbocycles. The maximum absolute atomic E-state index is 13.0. The van der Waals surface area contributed by atoms with Gasteiger partial charge in [-0.05, 0) is 19.1 Å². The summed E-state index contributed by atoms with van der Waals surface area (Å²) in [6.45, 7) is 1.93. The number of ether oxygens (including phenoxy) is 1. The van der Waals surface area contributed by atoms with Gasteiger partial charge in [-0.25, -0.2) is 4.39 Å². The number of hydrogen-bond donors (Lipinski definition) is 1. The number of H-pyrrole nitrogens is 1. The number of hydrogen-bond acceptors (Lipinski definition) is 1. The molecular formula is C10H10FNO. The van der Waals surface area contributed by atoms with Crippen LogP contribution >= 0.6 is 0 Å². The molecule has 2 nitrogen and oxygen atoms in total. The fourth-order valence-corrected chi connectivity index (χ4v) is 1.48. The Balaban J connectivity index is 2.80. The van der Waals surface area contributed by atoms with E-state index in [2.05, 4.69) is 4.98 Å². The van der Waals surface area contributed by atoms with Gasteiger partial charge in [0.25, 0.3) is 0 Å². The minimum atomic E-state index is -0.286. The van der Waals surface area contributed by atoms with Gasteiger partial charge in [-0.2, -0.15) is 0 Å². The Labute approximate surface area is 75.3 Å². The van der Waals surface area contributed by atoms with E-state index in [1.165, 1.54) is 19.2 Å². The van der Waals surface area contributed by atoms with E-state index in [1.54, 1.807) is 0 Å². The largest absolute Gasteiger partial charge is 0.496 e. The van der Waals surface area contributed by atoms with Crippen LogP contribution in [0.5, 0.6) is 5.75 Å². The van der Waals surface area contributed by atoms with Crippen LogP contribution in [0, 0.1) is 12.7 Å². The molecule has 0 saturated heterocycles. The van der Waals surface area contributed by atoms with Crippen molar-refractivity contribution in [2.45, 2.75) is 6.92 Å². The highest BCUT2D eigenvalue weighted by Crippen LogP contribution is 2.27. The lowest BCUT2D eigenvalue weighted by Crippen LogP contribution is -1.84. The van der Waals surface area contributed by atoms with Gasteiger partial charge in [-0.15, -0.1) is 0 Å². The number of aryl methyl sites for hydroxylation is 1. The second-order valence-electron chi connectivity index (χ2n) is 3.02. The molecule has 3 heteroatoms. The van der Waals surface area contributed by atoms with E-state index in [0.717, 1.165) is 16.6 Å². The number of fused-ring (bicyclic) bond motifs is 1. The predicted molar refractivity (Wildman–Crippen MR) is 49.5 cm³/mol. The van der Waals surface area contributed by atoms with Crippen molar-refractivity contribution in [3.8, 4) is 5.75 Å². The molecule has 13 heavy (non-hydrogen) atoms. The molecule has 2 rings (SSSR count). The third kappa shape index (κ3) is 1.26. The van der Waals surface area contributed by atoms with Gasteiger partial charge >= 0.3 is 0 Å². The quantitative estimate of drug-likeness (QED) is 0.715. The summed E-state index contributed by atoms with van der Waals surface area (Å²) in [4.78, 5) is 3.05. The van der Waals surface area contributed by atoms with E-state index in [0.29, 0.717) is 5.75 Å². The van der Waals surface area contributed by atoms with Crippen molar-refractivity contribution in [3.63, 3.8) is 0 Å². The highest BCUT2D eigenvalue weighted by atomic mass is 19.1. The maximum Gasteiger partial charge on any atom is 0.131 e. The molecular weight excluding hydrogens is 169 g/mol. The smallest absolute Gasteiger partial charge is 0.131 e. The van der Waals surface area contributed by atoms with E-state index in [-0.39, 0.29) is 5.82 Å². The first-order valence-corrected chi connectivity index (χ1v) is 4.03. The van der Waals surface area contributed by atoms with E-state index in [9.17, 15) is 4.39 Å². The first-order chi connectivity index (χ1) is 6.20. The Morgan fingerprint density at radius 1 is 1.31 bits per heavy atom. The Kier molecular flexibility index (Phi) is 1.72. The molecule has 0 amide bonds. The molecule has 1 aromatic heterocycles. The summed E-state index contributed by atoms with van der Waals surface area (Å²) >= 11 is 0. The maximum atomic E-state index is 13.0. The molecule has 1 aromatic carbocycles. The molecule has 1 heterocycles. The number of benzene rings is 1. The molecule has 0 spiro atoms. The average Bonchev–Trinajstić information content (AvgIpc) is 2.43. The van der Waals surface area contributed by atoms with Crippen LogP contribution in [0.3, 0.4) is 0 Å². The minimum Gasteiger partial charge on any atom is -0.496 e. The molecule has 0 aliphatic carbocycles. The van der Waals surface area contributed by atoms with Gasteiger partial charge in [0, 0.05) is 17.1 Å². The molecule has 0 fully saturated rings. The van der Waals surface area contributed by atoms with E-state index in [1.807, 2.05) is 13.0 Å². The van der Waals surface area contributed by atoms with Crippen LogP contribution in [0.1, 0.15) is 5.69 Å². The summed E-state index contributed by atoms with van der Waals surface area (Å²) in [6, 6.07) is 4.79. The summed E-state index contributed by atoms with van der Waals surface area (Å²) in [5.74, 6) is 0.283. The van der Waals surface area contributed by atoms with Crippen molar-refractivity contribution in [1.82, 2.24) is 4.98 Å². The van der Waals surface area contributed by atoms with Crippen LogP contribution in [0.2, 0.25) is 0 Å². The van der Waals surface area contributed by atoms with Crippen molar-refractivity contribution >= 4 is 10.9 Å². The average molecular weight is 179 g/mol. The normalized spacial score (nSPS) is 10.7. The minimum absolute atomic E-state index is 0.286. The van der Waals surface area contributed by atoms with Gasteiger partial charge in [-0.1, -0.05) is 0 Å². The van der Waals surface area contributed by atoms with Crippen molar-refractivity contribution < 1.29 is 9.13 Å². The zero-order valence-electron chi connectivity index (χ0n) is 7.52. The molecule has 0 bridgehead atoms. The Morgan fingerprint density at radius 3 is 2.77 bits per heavy atom. The molecule has 68 valence electrons. The Hall–Kier alpha value is -1.51. The SMILES string of the molecule is COc1cc(F)cc2[nH]c(C)cc12. The molecule has 0 aliphatic heterocycles. The molecule has 1 N–H and O–H groups in total. The fourth-order valence-electron chi connectivity index (χ4n) is 1.48. The molecule has 0 atom stereocenters. The Morgan fingerprint density at radius 2 is 2.08 bits per heavy atom. The van der Waals surface area contributed by atoms with Gasteiger partial charge in [0.2, 0.25) is 0 Å². The van der Waals surface area contributed by atoms with Gasteiger partial charge in [-0.3, -0.25) is 0 Å². The first-order valence-electron chi connectivity index (χ1n) is 4.03. The van der Waals surface area contributed by atoms with E-state index >= 15 is 0 Å². The number of aromatic nitrogens is 1. The molecule has 0 radical (unpaired) electrons. The second kappa shape index (κ2) is 2.76. The predicted octanol–water partition coefficient (Wildman–Crippen LogP) is 2.62. The zero-order valence-corrected chi connectivity index (χ0v) is 7.52. The van der Waals surface area contributed by atoms with Crippen LogP contribution in [-0.4, -0.2) is 12.1 Å². The van der Waals surface area contributed by atoms with E-state index in [4.69, 9.17) is 4.74 Å². The summed E-state index contributed by atoms with van der Waals surface area (Å²) in [5, 5.41) is 0.918. The second-order valence-corrected chi connectivity index (χ2v) is 3.02. The van der Waals surface area contributed by atoms with Gasteiger partial charge in [0.15, 0.2) is 0 Å². The summed E-state index contributed by atoms with van der Waals surface area (Å²) < 4.78 is 18.1. The number of rotatable bonds is 1. The molecule has 0 unspecified atom stereocenters. The molecule has 2 aromatic rings. The lowest BCUT2D eigenvalue weighted by atomic mass is 10.2. The van der Waals surface area contributed by atoms with Crippen LogP contribution < -0.4 is 4.74 Å². The fraction of sp³-hybridized carbons (Fsp3) is 0.200. The van der Waals surface area contributed by atoms with Crippen LogP contribution in [-0.2, 0) is 0 Å². The van der Waals surface area contributed by atoms with Gasteiger partial charge in [0.1, 0.15) is 11.6 Å². The highest BCUT2D eigenvalue weighted by Gasteiger charge is 2.06. The summed E-state index contributed by atoms with van der Waals surface area (Å²) in [6.07, 6.45) is 0. The van der Waals surface area contributed by atoms with Crippen LogP contribution in [0.4, 0.5) is 4.39 Å². The summed E-state index contributed by atoms with van der Waals surface area (Å²) in [5.41, 5.74) is 1.77. The molecule has 0 aliphatic rings. The van der Waals surface area contributed by atoms with Crippen molar-refractivity contribution in [1.29, 1.82) is 0 Å². The standard InChI is InChI=1S/C10H10FNO/c1-6-3-8-9(12-6)4-7(11)5-10(8)13-2/h3-5,12H,1-2H3. The third-order valence-electron chi connectivity index (χ3n) is 2.02. The topological polar surface area (TPSA) is 25.0 Å². The van der Waals surface area contributed by atoms with Crippen molar-refractivity contribution in [3.05, 3.63) is 29.7 Å². The number of nitrogens with one attached hydrogen (secondary N) is 1. The third-order valence-corrected chi connectivity index (χ3v) is 2.02. The van der Waals surface area contributed by atoms with Crippen LogP contribution in [0.15, 0.2) is 18.2 Å². The van der Waals surface area contributed by atoms with E-state index < -0.39 is 0 Å². The number of aromatic amines is 1. The Bertz CT molecular complexity index is 447. The first kappa shape index (κ1) is 8.10. The van der Waals surface area contributed by atoms with Crippen molar-refractivity contribution in [2.24, 2.45) is 0 Å². The lowest BCUT2D eigenvalue weighted by molar-refractivity contribution is 0.416. The van der Waals surface area contributed by atoms with Gasteiger partial charge in [0.05, 0.1) is 12.6 Å². The monoisotopic (exact) mass is 179 g/mol. The lowest BCUT2D eigenvalue weighted by Gasteiger charge is -2.00. The van der Waals surface area contributed by atoms with Crippen molar-refractivity contribution in [2.75, 3.05) is 7.11 Å².